The summed E-state index contributed by atoms with van der Waals surface area (Å²) in [4.78, 5) is 4.22. The van der Waals surface area contributed by atoms with Gasteiger partial charge in [-0.15, -0.1) is 24.0 Å². The average molecular weight is 435 g/mol. The molecule has 7 heteroatoms. The van der Waals surface area contributed by atoms with Gasteiger partial charge >= 0.3 is 0 Å². The van der Waals surface area contributed by atoms with Crippen LogP contribution in [0.4, 0.5) is 0 Å². The van der Waals surface area contributed by atoms with Crippen LogP contribution in [-0.4, -0.2) is 48.6 Å². The highest BCUT2D eigenvalue weighted by atomic mass is 127. The summed E-state index contributed by atoms with van der Waals surface area (Å²) >= 11 is 0. The first kappa shape index (κ1) is 20.2. The molecule has 1 aromatic rings. The molecule has 2 N–H and O–H groups in total. The summed E-state index contributed by atoms with van der Waals surface area (Å²) in [5.41, 5.74) is 0. The van der Waals surface area contributed by atoms with Crippen LogP contribution in [0.3, 0.4) is 0 Å². The zero-order valence-electron chi connectivity index (χ0n) is 14.0. The van der Waals surface area contributed by atoms with Crippen LogP contribution < -0.4 is 10.6 Å². The normalized spacial score (nSPS) is 16.5. The Labute approximate surface area is 156 Å². The third-order valence-electron chi connectivity index (χ3n) is 3.97. The number of hydrogen-bond acceptors (Lipinski definition) is 3. The molecule has 0 amide bonds. The lowest BCUT2D eigenvalue weighted by atomic mass is 10.1. The van der Waals surface area contributed by atoms with Crippen molar-refractivity contribution in [2.45, 2.75) is 51.2 Å². The third kappa shape index (κ3) is 8.55. The minimum atomic E-state index is 0. The Bertz CT molecular complexity index is 416. The summed E-state index contributed by atoms with van der Waals surface area (Å²) in [5.74, 6) is 0.816. The van der Waals surface area contributed by atoms with Crippen LogP contribution in [0, 0.1) is 0 Å². The number of guanidine groups is 1. The Morgan fingerprint density at radius 1 is 1.22 bits per heavy atom. The van der Waals surface area contributed by atoms with Crippen molar-refractivity contribution in [3.63, 3.8) is 0 Å². The number of aliphatic imine (C=N–C) groups is 1. The summed E-state index contributed by atoms with van der Waals surface area (Å²) in [5, 5.41) is 10.7. The largest absolute Gasteiger partial charge is 0.376 e. The molecule has 1 aromatic heterocycles. The van der Waals surface area contributed by atoms with E-state index in [4.69, 9.17) is 4.74 Å². The Hall–Kier alpha value is -0.830. The number of ether oxygens (including phenoxy) is 1. The molecule has 6 nitrogen and oxygen atoms in total. The highest BCUT2D eigenvalue weighted by molar-refractivity contribution is 14.0. The van der Waals surface area contributed by atoms with Crippen molar-refractivity contribution in [3.8, 4) is 0 Å². The van der Waals surface area contributed by atoms with E-state index < -0.39 is 0 Å². The molecule has 1 saturated carbocycles. The summed E-state index contributed by atoms with van der Waals surface area (Å²) in [7, 11) is 1.79. The summed E-state index contributed by atoms with van der Waals surface area (Å²) in [6.45, 7) is 3.15. The van der Waals surface area contributed by atoms with Crippen LogP contribution in [0.2, 0.25) is 0 Å². The second-order valence-electron chi connectivity index (χ2n) is 5.68. The topological polar surface area (TPSA) is 63.5 Å². The first-order valence-corrected chi connectivity index (χ1v) is 8.42. The molecule has 23 heavy (non-hydrogen) atoms. The Kier molecular flexibility index (Phi) is 11.1. The fourth-order valence-electron chi connectivity index (χ4n) is 2.75. The maximum Gasteiger partial charge on any atom is 0.191 e. The molecule has 0 spiro atoms. The van der Waals surface area contributed by atoms with Crippen LogP contribution in [0.15, 0.2) is 23.5 Å². The van der Waals surface area contributed by atoms with E-state index in [0.29, 0.717) is 6.10 Å². The van der Waals surface area contributed by atoms with Gasteiger partial charge in [0.15, 0.2) is 5.96 Å². The molecule has 0 saturated heterocycles. The first-order valence-electron chi connectivity index (χ1n) is 8.42. The summed E-state index contributed by atoms with van der Waals surface area (Å²) in [6.07, 6.45) is 12.0. The lowest BCUT2D eigenvalue weighted by Crippen LogP contribution is -2.40. The van der Waals surface area contributed by atoms with Crippen molar-refractivity contribution >= 4 is 29.9 Å². The zero-order chi connectivity index (χ0) is 15.5. The van der Waals surface area contributed by atoms with Gasteiger partial charge in [-0.1, -0.05) is 25.7 Å². The Morgan fingerprint density at radius 2 is 1.96 bits per heavy atom. The van der Waals surface area contributed by atoms with Crippen molar-refractivity contribution in [1.29, 1.82) is 0 Å². The number of rotatable bonds is 7. The van der Waals surface area contributed by atoms with Crippen LogP contribution in [0.25, 0.3) is 0 Å². The molecule has 0 aromatic carbocycles. The van der Waals surface area contributed by atoms with Crippen molar-refractivity contribution < 1.29 is 4.74 Å². The maximum absolute atomic E-state index is 5.96. The van der Waals surface area contributed by atoms with Gasteiger partial charge in [0.2, 0.25) is 0 Å². The molecular formula is C16H30IN5O. The van der Waals surface area contributed by atoms with Crippen molar-refractivity contribution in [3.05, 3.63) is 18.5 Å². The Balaban J connectivity index is 0.00000264. The van der Waals surface area contributed by atoms with Crippen LogP contribution in [-0.2, 0) is 11.3 Å². The van der Waals surface area contributed by atoms with Crippen molar-refractivity contribution in [1.82, 2.24) is 20.4 Å². The third-order valence-corrected chi connectivity index (χ3v) is 3.97. The van der Waals surface area contributed by atoms with E-state index in [1.165, 1.54) is 38.5 Å². The fourth-order valence-corrected chi connectivity index (χ4v) is 2.75. The lowest BCUT2D eigenvalue weighted by Gasteiger charge is -2.16. The number of aromatic nitrogens is 2. The molecule has 132 valence electrons. The zero-order valence-corrected chi connectivity index (χ0v) is 16.4. The van der Waals surface area contributed by atoms with Gasteiger partial charge in [-0.2, -0.15) is 5.10 Å². The number of nitrogens with one attached hydrogen (secondary N) is 2. The van der Waals surface area contributed by atoms with Gasteiger partial charge in [-0.05, 0) is 18.9 Å². The van der Waals surface area contributed by atoms with Crippen LogP contribution in [0.1, 0.15) is 38.5 Å². The smallest absolute Gasteiger partial charge is 0.191 e. The minimum absolute atomic E-state index is 0. The quantitative estimate of drug-likeness (QED) is 0.227. The fraction of sp³-hybridized carbons (Fsp3) is 0.750. The maximum atomic E-state index is 5.96. The van der Waals surface area contributed by atoms with E-state index in [1.807, 2.05) is 16.9 Å². The average Bonchev–Trinajstić information content (AvgIpc) is 2.92. The molecule has 0 unspecified atom stereocenters. The van der Waals surface area contributed by atoms with Gasteiger partial charge in [0, 0.05) is 32.5 Å². The molecule has 0 radical (unpaired) electrons. The molecule has 1 heterocycles. The van der Waals surface area contributed by atoms with Crippen molar-refractivity contribution in [2.75, 3.05) is 26.7 Å². The second-order valence-corrected chi connectivity index (χ2v) is 5.68. The van der Waals surface area contributed by atoms with Crippen LogP contribution in [0.5, 0.6) is 0 Å². The van der Waals surface area contributed by atoms with Gasteiger partial charge in [-0.3, -0.25) is 9.67 Å². The number of nitrogens with zero attached hydrogens (tertiary/aromatic N) is 3. The molecule has 0 bridgehead atoms. The lowest BCUT2D eigenvalue weighted by molar-refractivity contribution is 0.0468. The molecule has 0 aliphatic heterocycles. The first-order chi connectivity index (χ1) is 10.9. The second kappa shape index (κ2) is 12.6. The molecule has 1 aliphatic rings. The summed E-state index contributed by atoms with van der Waals surface area (Å²) in [6, 6.07) is 1.93. The van der Waals surface area contributed by atoms with E-state index in [9.17, 15) is 0 Å². The molecule has 2 rings (SSSR count). The van der Waals surface area contributed by atoms with Crippen LogP contribution >= 0.6 is 24.0 Å². The number of halogens is 1. The van der Waals surface area contributed by atoms with E-state index >= 15 is 0 Å². The van der Waals surface area contributed by atoms with E-state index in [1.54, 1.807) is 13.2 Å². The predicted molar refractivity (Wildman–Crippen MR) is 104 cm³/mol. The molecular weight excluding hydrogens is 405 g/mol. The summed E-state index contributed by atoms with van der Waals surface area (Å²) < 4.78 is 7.86. The Morgan fingerprint density at radius 3 is 2.61 bits per heavy atom. The van der Waals surface area contributed by atoms with E-state index in [2.05, 4.69) is 20.7 Å². The van der Waals surface area contributed by atoms with Gasteiger partial charge < -0.3 is 15.4 Å². The highest BCUT2D eigenvalue weighted by Crippen LogP contribution is 2.19. The molecule has 1 fully saturated rings. The molecule has 0 atom stereocenters. The van der Waals surface area contributed by atoms with E-state index in [-0.39, 0.29) is 24.0 Å². The monoisotopic (exact) mass is 435 g/mol. The van der Waals surface area contributed by atoms with Gasteiger partial charge in [-0.25, -0.2) is 0 Å². The number of hydrogen-bond donors (Lipinski definition) is 2. The van der Waals surface area contributed by atoms with Crippen molar-refractivity contribution in [2.24, 2.45) is 4.99 Å². The van der Waals surface area contributed by atoms with Gasteiger partial charge in [0.05, 0.1) is 19.3 Å². The standard InChI is InChI=1S/C16H29N5O.HI/c1-17-16(18-10-13-21-12-6-9-20-21)19-11-14-22-15-7-4-2-3-5-8-15;/h6,9,12,15H,2-5,7-8,10-11,13-14H2,1H3,(H2,17,18,19);1H. The molecule has 1 aliphatic carbocycles. The van der Waals surface area contributed by atoms with Gasteiger partial charge in [0.1, 0.15) is 0 Å². The highest BCUT2D eigenvalue weighted by Gasteiger charge is 2.11. The predicted octanol–water partition coefficient (Wildman–Crippen LogP) is 2.41. The minimum Gasteiger partial charge on any atom is -0.376 e. The van der Waals surface area contributed by atoms with Gasteiger partial charge in [0.25, 0.3) is 0 Å². The SMILES string of the molecule is CN=C(NCCOC1CCCCCC1)NCCn1cccn1.I. The van der Waals surface area contributed by atoms with E-state index in [0.717, 1.165) is 32.2 Å².